The number of anilines is 1. The number of rotatable bonds is 9. The fraction of sp³-hybridized carbons (Fsp3) is 0.435. The molecule has 1 unspecified atom stereocenters. The molecule has 8 heteroatoms. The third kappa shape index (κ3) is 6.70. The minimum atomic E-state index is -0.463. The van der Waals surface area contributed by atoms with Crippen LogP contribution in [-0.4, -0.2) is 41.2 Å². The molecule has 0 bridgehead atoms. The fourth-order valence-corrected chi connectivity index (χ4v) is 4.52. The summed E-state index contributed by atoms with van der Waals surface area (Å²) in [7, 11) is 1.40. The molecule has 1 amide bonds. The second-order valence-electron chi connectivity index (χ2n) is 7.82. The lowest BCUT2D eigenvalue weighted by molar-refractivity contribution is -0.385. The summed E-state index contributed by atoms with van der Waals surface area (Å²) >= 11 is 1.41. The van der Waals surface area contributed by atoms with E-state index in [0.717, 1.165) is 24.3 Å². The molecule has 1 aliphatic heterocycles. The molecule has 0 spiro atoms. The van der Waals surface area contributed by atoms with Crippen molar-refractivity contribution in [2.24, 2.45) is 0 Å². The molecule has 0 aliphatic carbocycles. The molecule has 3 rings (SSSR count). The largest absolute Gasteiger partial charge is 0.490 e. The monoisotopic (exact) mass is 443 g/mol. The van der Waals surface area contributed by atoms with Crippen LogP contribution in [0.4, 0.5) is 11.4 Å². The summed E-state index contributed by atoms with van der Waals surface area (Å²) in [6.45, 7) is 4.38. The van der Waals surface area contributed by atoms with E-state index in [1.807, 2.05) is 12.1 Å². The number of carbonyl (C=O) groups is 1. The number of nitro groups is 1. The van der Waals surface area contributed by atoms with Gasteiger partial charge in [-0.1, -0.05) is 24.6 Å². The predicted molar refractivity (Wildman–Crippen MR) is 125 cm³/mol. The summed E-state index contributed by atoms with van der Waals surface area (Å²) in [5.74, 6) is 0.915. The third-order valence-corrected chi connectivity index (χ3v) is 6.51. The summed E-state index contributed by atoms with van der Waals surface area (Å²) in [4.78, 5) is 25.4. The summed E-state index contributed by atoms with van der Waals surface area (Å²) in [6.07, 6.45) is 3.84. The first-order valence-electron chi connectivity index (χ1n) is 10.5. The van der Waals surface area contributed by atoms with Crippen molar-refractivity contribution in [3.63, 3.8) is 0 Å². The van der Waals surface area contributed by atoms with Crippen molar-refractivity contribution in [1.29, 1.82) is 0 Å². The summed E-state index contributed by atoms with van der Waals surface area (Å²) in [5, 5.41) is 14.0. The van der Waals surface area contributed by atoms with Gasteiger partial charge in [0.05, 0.1) is 17.8 Å². The van der Waals surface area contributed by atoms with Crippen molar-refractivity contribution in [3.05, 3.63) is 63.7 Å². The van der Waals surface area contributed by atoms with Gasteiger partial charge >= 0.3 is 5.69 Å². The molecule has 1 fully saturated rings. The first-order chi connectivity index (χ1) is 15.0. The van der Waals surface area contributed by atoms with Crippen LogP contribution in [0.1, 0.15) is 37.3 Å². The van der Waals surface area contributed by atoms with Gasteiger partial charge in [0, 0.05) is 30.1 Å². The molecule has 0 saturated carbocycles. The zero-order chi connectivity index (χ0) is 22.2. The Balaban J connectivity index is 1.45. The van der Waals surface area contributed by atoms with Crippen LogP contribution in [0, 0.1) is 10.1 Å². The number of nitrogens with one attached hydrogen (secondary N) is 1. The molecule has 2 aromatic carbocycles. The van der Waals surface area contributed by atoms with E-state index >= 15 is 0 Å². The number of hydrogen-bond donors (Lipinski definition) is 1. The van der Waals surface area contributed by atoms with Crippen LogP contribution in [0.25, 0.3) is 0 Å². The quantitative estimate of drug-likeness (QED) is 0.441. The molecule has 1 aliphatic rings. The van der Waals surface area contributed by atoms with Crippen LogP contribution in [0.3, 0.4) is 0 Å². The Morgan fingerprint density at radius 1 is 1.23 bits per heavy atom. The van der Waals surface area contributed by atoms with Crippen molar-refractivity contribution < 1.29 is 14.5 Å². The number of amides is 1. The maximum atomic E-state index is 12.3. The second-order valence-corrected chi connectivity index (χ2v) is 8.80. The number of likely N-dealkylation sites (tertiary alicyclic amines) is 1. The Kier molecular flexibility index (Phi) is 8.31. The number of benzene rings is 2. The van der Waals surface area contributed by atoms with Gasteiger partial charge in [0.1, 0.15) is 0 Å². The molecule has 31 heavy (non-hydrogen) atoms. The molecule has 0 aromatic heterocycles. The van der Waals surface area contributed by atoms with Gasteiger partial charge in [-0.15, -0.1) is 11.8 Å². The lowest BCUT2D eigenvalue weighted by Crippen LogP contribution is -2.36. The van der Waals surface area contributed by atoms with E-state index in [1.165, 1.54) is 49.8 Å². The van der Waals surface area contributed by atoms with E-state index in [9.17, 15) is 14.9 Å². The standard InChI is InChI=1S/C23H29N3O4S/c1-17-5-3-4-12-25(17)14-18-6-9-20(10-7-18)24-23(27)16-31-15-19-8-11-22(30-2)21(13-19)26(28)29/h6-11,13,17H,3-5,12,14-16H2,1-2H3,(H,24,27). The maximum absolute atomic E-state index is 12.3. The molecule has 166 valence electrons. The Hall–Kier alpha value is -2.58. The predicted octanol–water partition coefficient (Wildman–Crippen LogP) is 4.85. The van der Waals surface area contributed by atoms with Crippen LogP contribution in [0.15, 0.2) is 42.5 Å². The Bertz CT molecular complexity index is 904. The Morgan fingerprint density at radius 3 is 2.65 bits per heavy atom. The number of thioether (sulfide) groups is 1. The molecule has 1 N–H and O–H groups in total. The van der Waals surface area contributed by atoms with E-state index in [-0.39, 0.29) is 23.1 Å². The number of ether oxygens (including phenoxy) is 1. The molecule has 7 nitrogen and oxygen atoms in total. The second kappa shape index (κ2) is 11.2. The summed E-state index contributed by atoms with van der Waals surface area (Å²) < 4.78 is 5.01. The maximum Gasteiger partial charge on any atom is 0.311 e. The molecule has 1 heterocycles. The van der Waals surface area contributed by atoms with Crippen molar-refractivity contribution in [2.45, 2.75) is 44.5 Å². The van der Waals surface area contributed by atoms with Gasteiger partial charge in [-0.25, -0.2) is 0 Å². The number of piperidine rings is 1. The van der Waals surface area contributed by atoms with Gasteiger partial charge in [-0.2, -0.15) is 0 Å². The minimum Gasteiger partial charge on any atom is -0.490 e. The Labute approximate surface area is 187 Å². The van der Waals surface area contributed by atoms with Gasteiger partial charge in [-0.3, -0.25) is 19.8 Å². The zero-order valence-corrected chi connectivity index (χ0v) is 18.8. The molecule has 1 saturated heterocycles. The van der Waals surface area contributed by atoms with Crippen molar-refractivity contribution in [2.75, 3.05) is 24.7 Å². The van der Waals surface area contributed by atoms with Gasteiger partial charge in [-0.05, 0) is 55.6 Å². The Morgan fingerprint density at radius 2 is 1.97 bits per heavy atom. The number of hydrogen-bond acceptors (Lipinski definition) is 6. The van der Waals surface area contributed by atoms with E-state index in [1.54, 1.807) is 12.1 Å². The molecular formula is C23H29N3O4S. The van der Waals surface area contributed by atoms with Crippen LogP contribution in [0.5, 0.6) is 5.75 Å². The third-order valence-electron chi connectivity index (χ3n) is 5.51. The molecule has 1 atom stereocenters. The average molecular weight is 444 g/mol. The van der Waals surface area contributed by atoms with Gasteiger partial charge in [0.2, 0.25) is 5.91 Å². The van der Waals surface area contributed by atoms with Gasteiger partial charge in [0.25, 0.3) is 0 Å². The summed E-state index contributed by atoms with van der Waals surface area (Å²) in [6, 6.07) is 13.5. The smallest absolute Gasteiger partial charge is 0.311 e. The van der Waals surface area contributed by atoms with Crippen molar-refractivity contribution in [1.82, 2.24) is 4.90 Å². The topological polar surface area (TPSA) is 84.7 Å². The van der Waals surface area contributed by atoms with Crippen molar-refractivity contribution >= 4 is 29.0 Å². The highest BCUT2D eigenvalue weighted by Gasteiger charge is 2.18. The minimum absolute atomic E-state index is 0.0657. The van der Waals surface area contributed by atoms with Crippen LogP contribution in [-0.2, 0) is 17.1 Å². The molecule has 2 aromatic rings. The van der Waals surface area contributed by atoms with Crippen LogP contribution >= 0.6 is 11.8 Å². The molecular weight excluding hydrogens is 414 g/mol. The fourth-order valence-electron chi connectivity index (χ4n) is 3.75. The highest BCUT2D eigenvalue weighted by atomic mass is 32.2. The number of nitro benzene ring substituents is 1. The lowest BCUT2D eigenvalue weighted by atomic mass is 10.0. The normalized spacial score (nSPS) is 16.6. The number of carbonyl (C=O) groups excluding carboxylic acids is 1. The zero-order valence-electron chi connectivity index (χ0n) is 18.0. The van der Waals surface area contributed by atoms with E-state index < -0.39 is 4.92 Å². The number of nitrogens with zero attached hydrogens (tertiary/aromatic N) is 2. The SMILES string of the molecule is COc1ccc(CSCC(=O)Nc2ccc(CN3CCCCC3C)cc2)cc1[N+](=O)[O-]. The highest BCUT2D eigenvalue weighted by molar-refractivity contribution is 7.99. The van der Waals surface area contributed by atoms with Crippen molar-refractivity contribution in [3.8, 4) is 5.75 Å². The van der Waals surface area contributed by atoms with E-state index in [2.05, 4.69) is 29.3 Å². The van der Waals surface area contributed by atoms with Gasteiger partial charge < -0.3 is 10.1 Å². The van der Waals surface area contributed by atoms with Crippen LogP contribution in [0.2, 0.25) is 0 Å². The number of methoxy groups -OCH3 is 1. The average Bonchev–Trinajstić information content (AvgIpc) is 2.76. The lowest BCUT2D eigenvalue weighted by Gasteiger charge is -2.33. The molecule has 0 radical (unpaired) electrons. The highest BCUT2D eigenvalue weighted by Crippen LogP contribution is 2.29. The first kappa shape index (κ1) is 23.1. The summed E-state index contributed by atoms with van der Waals surface area (Å²) in [5.41, 5.74) is 2.74. The van der Waals surface area contributed by atoms with E-state index in [4.69, 9.17) is 4.74 Å². The first-order valence-corrected chi connectivity index (χ1v) is 11.6. The van der Waals surface area contributed by atoms with Gasteiger partial charge in [0.15, 0.2) is 5.75 Å². The van der Waals surface area contributed by atoms with E-state index in [0.29, 0.717) is 11.8 Å². The van der Waals surface area contributed by atoms with Crippen LogP contribution < -0.4 is 10.1 Å².